The molecular weight excluding hydrogens is 334 g/mol. The molecule has 1 aliphatic rings. The summed E-state index contributed by atoms with van der Waals surface area (Å²) in [5.74, 6) is -0.409. The Morgan fingerprint density at radius 2 is 2.33 bits per heavy atom. The highest BCUT2D eigenvalue weighted by molar-refractivity contribution is 6.31. The number of piperidine rings is 1. The lowest BCUT2D eigenvalue weighted by molar-refractivity contribution is 0.123. The number of fused-ring (bicyclic) bond motifs is 1. The van der Waals surface area contributed by atoms with Crippen LogP contribution >= 0.6 is 11.6 Å². The van der Waals surface area contributed by atoms with Gasteiger partial charge in [-0.15, -0.1) is 0 Å². The van der Waals surface area contributed by atoms with E-state index < -0.39 is 11.8 Å². The minimum absolute atomic E-state index is 0.00950. The molecule has 0 bridgehead atoms. The van der Waals surface area contributed by atoms with Gasteiger partial charge >= 0.3 is 11.8 Å². The van der Waals surface area contributed by atoms with E-state index in [0.717, 1.165) is 19.4 Å². The van der Waals surface area contributed by atoms with E-state index in [-0.39, 0.29) is 6.04 Å². The Labute approximate surface area is 144 Å². The normalized spacial score (nSPS) is 18.7. The molecule has 1 fully saturated rings. The van der Waals surface area contributed by atoms with Crippen molar-refractivity contribution in [3.8, 4) is 0 Å². The fourth-order valence-electron chi connectivity index (χ4n) is 3.01. The van der Waals surface area contributed by atoms with Crippen LogP contribution in [0, 0.1) is 0 Å². The van der Waals surface area contributed by atoms with E-state index in [1.807, 2.05) is 0 Å². The summed E-state index contributed by atoms with van der Waals surface area (Å²) >= 11 is 6.02. The molecule has 1 aromatic carbocycles. The van der Waals surface area contributed by atoms with Crippen molar-refractivity contribution in [2.75, 3.05) is 19.7 Å². The third kappa shape index (κ3) is 3.73. The number of hydrogen-bond acceptors (Lipinski definition) is 5. The average Bonchev–Trinajstić information content (AvgIpc) is 2.84. The molecule has 0 aliphatic carbocycles. The summed E-state index contributed by atoms with van der Waals surface area (Å²) in [5, 5.41) is 3.41. The van der Waals surface area contributed by atoms with Gasteiger partial charge in [0.15, 0.2) is 5.58 Å². The first-order valence-electron chi connectivity index (χ1n) is 8.01. The summed E-state index contributed by atoms with van der Waals surface area (Å²) in [6.07, 6.45) is 1.42. The number of nitrogens with one attached hydrogen (secondary N) is 1. The van der Waals surface area contributed by atoms with Crippen molar-refractivity contribution in [1.82, 2.24) is 14.8 Å². The summed E-state index contributed by atoms with van der Waals surface area (Å²) in [4.78, 5) is 25.8. The van der Waals surface area contributed by atoms with Crippen LogP contribution in [0.5, 0.6) is 0 Å². The zero-order valence-corrected chi connectivity index (χ0v) is 14.2. The second-order valence-electron chi connectivity index (χ2n) is 5.83. The number of ether oxygens (including phenoxy) is 1. The molecule has 1 N–H and O–H groups in total. The highest BCUT2D eigenvalue weighted by Gasteiger charge is 2.23. The van der Waals surface area contributed by atoms with E-state index in [4.69, 9.17) is 20.8 Å². The molecule has 1 atom stereocenters. The first-order valence-corrected chi connectivity index (χ1v) is 8.39. The third-order valence-electron chi connectivity index (χ3n) is 4.07. The molecule has 2 heterocycles. The average molecular weight is 354 g/mol. The number of carbonyl (C=O) groups is 1. The topological polar surface area (TPSA) is 76.7 Å². The third-order valence-corrected chi connectivity index (χ3v) is 4.31. The molecule has 130 valence electrons. The molecule has 3 rings (SSSR count). The van der Waals surface area contributed by atoms with Crippen molar-refractivity contribution in [3.05, 3.63) is 33.8 Å². The Morgan fingerprint density at radius 1 is 1.50 bits per heavy atom. The predicted octanol–water partition coefficient (Wildman–Crippen LogP) is 2.42. The van der Waals surface area contributed by atoms with Crippen molar-refractivity contribution < 1.29 is 13.9 Å². The molecular formula is C16H20ClN3O4. The highest BCUT2D eigenvalue weighted by Crippen LogP contribution is 2.19. The van der Waals surface area contributed by atoms with Gasteiger partial charge in [0.2, 0.25) is 0 Å². The van der Waals surface area contributed by atoms with Gasteiger partial charge in [-0.05, 0) is 44.5 Å². The van der Waals surface area contributed by atoms with Gasteiger partial charge < -0.3 is 14.5 Å². The summed E-state index contributed by atoms with van der Waals surface area (Å²) in [5.41, 5.74) is 1.19. The van der Waals surface area contributed by atoms with Crippen molar-refractivity contribution in [3.63, 3.8) is 0 Å². The maximum Gasteiger partial charge on any atom is 0.421 e. The first kappa shape index (κ1) is 16.9. The van der Waals surface area contributed by atoms with Crippen LogP contribution in [0.25, 0.3) is 11.1 Å². The molecule has 1 aromatic heterocycles. The van der Waals surface area contributed by atoms with E-state index in [2.05, 4.69) is 10.2 Å². The van der Waals surface area contributed by atoms with E-state index in [1.165, 1.54) is 0 Å². The molecule has 0 spiro atoms. The maximum absolute atomic E-state index is 12.1. The standard InChI is InChI=1S/C16H20ClN3O4/c1-2-23-15(21)18-12-4-3-7-19(9-12)10-20-13-8-11(17)5-6-14(13)24-16(20)22/h5-6,8,12H,2-4,7,9-10H2,1H3,(H,18,21). The number of rotatable bonds is 4. The second-order valence-corrected chi connectivity index (χ2v) is 6.27. The van der Waals surface area contributed by atoms with Gasteiger partial charge in [0.1, 0.15) is 0 Å². The van der Waals surface area contributed by atoms with Crippen LogP contribution in [0.3, 0.4) is 0 Å². The van der Waals surface area contributed by atoms with Gasteiger partial charge in [-0.1, -0.05) is 11.6 Å². The number of halogens is 1. The zero-order chi connectivity index (χ0) is 17.1. The van der Waals surface area contributed by atoms with Crippen molar-refractivity contribution in [2.45, 2.75) is 32.5 Å². The second kappa shape index (κ2) is 7.27. The number of hydrogen-bond donors (Lipinski definition) is 1. The Balaban J connectivity index is 1.72. The summed E-state index contributed by atoms with van der Waals surface area (Å²) in [6, 6.07) is 5.11. The molecule has 7 nitrogen and oxygen atoms in total. The lowest BCUT2D eigenvalue weighted by Crippen LogP contribution is -2.48. The number of likely N-dealkylation sites (tertiary alicyclic amines) is 1. The van der Waals surface area contributed by atoms with Crippen LogP contribution in [0.15, 0.2) is 27.4 Å². The Bertz CT molecular complexity index is 785. The van der Waals surface area contributed by atoms with Crippen LogP contribution in [-0.4, -0.2) is 41.3 Å². The Kier molecular flexibility index (Phi) is 5.11. The fraction of sp³-hybridized carbons (Fsp3) is 0.500. The molecule has 1 amide bonds. The molecule has 0 saturated carbocycles. The van der Waals surface area contributed by atoms with Crippen LogP contribution < -0.4 is 11.1 Å². The van der Waals surface area contributed by atoms with Gasteiger partial charge in [0, 0.05) is 17.6 Å². The summed E-state index contributed by atoms with van der Waals surface area (Å²) in [7, 11) is 0. The van der Waals surface area contributed by atoms with Crippen LogP contribution in [0.2, 0.25) is 5.02 Å². The summed E-state index contributed by atoms with van der Waals surface area (Å²) in [6.45, 7) is 4.01. The number of oxazole rings is 1. The maximum atomic E-state index is 12.1. The van der Waals surface area contributed by atoms with Crippen LogP contribution in [0.4, 0.5) is 4.79 Å². The van der Waals surface area contributed by atoms with E-state index in [0.29, 0.717) is 35.9 Å². The first-order chi connectivity index (χ1) is 11.6. The van der Waals surface area contributed by atoms with Gasteiger partial charge in [-0.2, -0.15) is 0 Å². The summed E-state index contributed by atoms with van der Waals surface area (Å²) < 4.78 is 11.7. The van der Waals surface area contributed by atoms with Gasteiger partial charge in [0.05, 0.1) is 18.8 Å². The van der Waals surface area contributed by atoms with Crippen LogP contribution in [0.1, 0.15) is 19.8 Å². The number of nitrogens with zero attached hydrogens (tertiary/aromatic N) is 2. The molecule has 1 aliphatic heterocycles. The van der Waals surface area contributed by atoms with Gasteiger partial charge in [-0.25, -0.2) is 9.59 Å². The van der Waals surface area contributed by atoms with Gasteiger partial charge in [-0.3, -0.25) is 9.47 Å². The van der Waals surface area contributed by atoms with Crippen molar-refractivity contribution in [2.24, 2.45) is 0 Å². The minimum atomic E-state index is -0.409. The quantitative estimate of drug-likeness (QED) is 0.913. The smallest absolute Gasteiger partial charge is 0.421 e. The highest BCUT2D eigenvalue weighted by atomic mass is 35.5. The van der Waals surface area contributed by atoms with Gasteiger partial charge in [0.25, 0.3) is 0 Å². The molecule has 8 heteroatoms. The van der Waals surface area contributed by atoms with E-state index in [1.54, 1.807) is 29.7 Å². The lowest BCUT2D eigenvalue weighted by atomic mass is 10.1. The van der Waals surface area contributed by atoms with Crippen LogP contribution in [-0.2, 0) is 11.4 Å². The van der Waals surface area contributed by atoms with Crippen molar-refractivity contribution in [1.29, 1.82) is 0 Å². The number of aromatic nitrogens is 1. The number of carbonyl (C=O) groups excluding carboxylic acids is 1. The minimum Gasteiger partial charge on any atom is -0.450 e. The molecule has 0 radical (unpaired) electrons. The number of benzene rings is 1. The SMILES string of the molecule is CCOC(=O)NC1CCCN(Cn2c(=O)oc3ccc(Cl)cc32)C1. The van der Waals surface area contributed by atoms with E-state index in [9.17, 15) is 9.59 Å². The zero-order valence-electron chi connectivity index (χ0n) is 13.5. The molecule has 2 aromatic rings. The Morgan fingerprint density at radius 3 is 3.12 bits per heavy atom. The molecule has 1 saturated heterocycles. The fourth-order valence-corrected chi connectivity index (χ4v) is 3.18. The Hall–Kier alpha value is -1.99. The van der Waals surface area contributed by atoms with Crippen molar-refractivity contribution >= 4 is 28.8 Å². The largest absolute Gasteiger partial charge is 0.450 e. The molecule has 1 unspecified atom stereocenters. The monoisotopic (exact) mass is 353 g/mol. The van der Waals surface area contributed by atoms with E-state index >= 15 is 0 Å². The molecule has 24 heavy (non-hydrogen) atoms. The number of alkyl carbamates (subject to hydrolysis) is 1. The number of amides is 1. The lowest BCUT2D eigenvalue weighted by Gasteiger charge is -2.32. The predicted molar refractivity (Wildman–Crippen MR) is 90.2 cm³/mol.